The Bertz CT molecular complexity index is 501. The van der Waals surface area contributed by atoms with E-state index in [-0.39, 0.29) is 21.8 Å². The van der Waals surface area contributed by atoms with Gasteiger partial charge in [0.15, 0.2) is 5.43 Å². The van der Waals surface area contributed by atoms with Crippen LogP contribution < -0.4 is 11.2 Å². The van der Waals surface area contributed by atoms with Crippen LogP contribution in [0.3, 0.4) is 0 Å². The van der Waals surface area contributed by atoms with Crippen LogP contribution in [0, 0.1) is 0 Å². The molecule has 0 unspecified atom stereocenters. The van der Waals surface area contributed by atoms with E-state index < -0.39 is 0 Å². The molecule has 114 valence electrons. The van der Waals surface area contributed by atoms with Crippen LogP contribution in [0.5, 0.6) is 0 Å². The van der Waals surface area contributed by atoms with Crippen LogP contribution in [0.25, 0.3) is 0 Å². The predicted octanol–water partition coefficient (Wildman–Crippen LogP) is 3.14. The van der Waals surface area contributed by atoms with Crippen molar-refractivity contribution in [1.29, 1.82) is 0 Å². The summed E-state index contributed by atoms with van der Waals surface area (Å²) >= 11 is 0. The van der Waals surface area contributed by atoms with Crippen molar-refractivity contribution in [3.63, 3.8) is 0 Å². The molecule has 0 fully saturated rings. The number of hydrogen-bond donors (Lipinski definition) is 1. The Kier molecular flexibility index (Phi) is 4.27. The minimum absolute atomic E-state index is 0.161. The number of nitrogens with two attached hydrogens (primary N) is 1. The molecule has 0 aliphatic carbocycles. The van der Waals surface area contributed by atoms with Crippen molar-refractivity contribution < 1.29 is 0 Å². The largest absolute Gasteiger partial charge is 0.347 e. The van der Waals surface area contributed by atoms with Crippen LogP contribution in [0.15, 0.2) is 17.2 Å². The highest BCUT2D eigenvalue weighted by molar-refractivity contribution is 5.30. The molecule has 3 nitrogen and oxygen atoms in total. The molecule has 1 rings (SSSR count). The second kappa shape index (κ2) is 5.03. The van der Waals surface area contributed by atoms with Gasteiger partial charge in [-0.25, -0.2) is 0 Å². The first kappa shape index (κ1) is 17.0. The number of rotatable bonds is 2. The van der Waals surface area contributed by atoms with E-state index in [0.717, 1.165) is 11.1 Å². The van der Waals surface area contributed by atoms with E-state index in [1.165, 1.54) is 0 Å². The molecule has 0 aliphatic heterocycles. The Morgan fingerprint density at radius 2 is 1.25 bits per heavy atom. The van der Waals surface area contributed by atoms with Crippen molar-refractivity contribution in [2.24, 2.45) is 5.73 Å². The first-order valence-corrected chi connectivity index (χ1v) is 7.28. The van der Waals surface area contributed by atoms with Crippen molar-refractivity contribution >= 4 is 0 Å². The normalized spacial score (nSPS) is 13.7. The molecule has 1 aromatic rings. The fourth-order valence-electron chi connectivity index (χ4n) is 2.10. The first-order valence-electron chi connectivity index (χ1n) is 7.28. The molecular weight excluding hydrogens is 248 g/mol. The molecule has 1 aromatic heterocycles. The van der Waals surface area contributed by atoms with Gasteiger partial charge in [-0.2, -0.15) is 0 Å². The Labute approximate surface area is 123 Å². The van der Waals surface area contributed by atoms with Gasteiger partial charge in [0.05, 0.1) is 5.54 Å². The minimum Gasteiger partial charge on any atom is -0.347 e. The van der Waals surface area contributed by atoms with Crippen LogP contribution >= 0.6 is 0 Å². The zero-order chi connectivity index (χ0) is 15.9. The molecule has 3 heteroatoms. The minimum atomic E-state index is -0.201. The summed E-state index contributed by atoms with van der Waals surface area (Å²) < 4.78 is 2.11. The summed E-state index contributed by atoms with van der Waals surface area (Å²) in [5.74, 6) is 0. The molecule has 0 aliphatic rings. The van der Waals surface area contributed by atoms with E-state index in [1.54, 1.807) is 0 Å². The van der Waals surface area contributed by atoms with Crippen LogP contribution in [0.4, 0.5) is 0 Å². The Morgan fingerprint density at radius 1 is 0.900 bits per heavy atom. The smallest absolute Gasteiger partial charge is 0.188 e. The van der Waals surface area contributed by atoms with Crippen molar-refractivity contribution in [2.45, 2.75) is 71.8 Å². The summed E-state index contributed by atoms with van der Waals surface area (Å²) in [4.78, 5) is 12.8. The molecule has 1 heterocycles. The Morgan fingerprint density at radius 3 is 1.50 bits per heavy atom. The highest BCUT2D eigenvalue weighted by atomic mass is 16.1. The second-order valence-electron chi connectivity index (χ2n) is 8.34. The number of pyridine rings is 1. The molecule has 20 heavy (non-hydrogen) atoms. The molecule has 0 saturated heterocycles. The van der Waals surface area contributed by atoms with Gasteiger partial charge in [-0.15, -0.1) is 0 Å². The SMILES string of the molecule is CC(C)(C)c1cn(C(C)(C)CN)cc(C(C)(C)C)c1=O. The van der Waals surface area contributed by atoms with Gasteiger partial charge in [0.25, 0.3) is 0 Å². The third-order valence-corrected chi connectivity index (χ3v) is 3.84. The molecule has 0 spiro atoms. The highest BCUT2D eigenvalue weighted by Gasteiger charge is 2.28. The van der Waals surface area contributed by atoms with Crippen molar-refractivity contribution in [1.82, 2.24) is 4.57 Å². The molecule has 0 atom stereocenters. The maximum atomic E-state index is 12.8. The molecule has 0 radical (unpaired) electrons. The molecule has 0 aromatic carbocycles. The van der Waals surface area contributed by atoms with Crippen LogP contribution in [-0.4, -0.2) is 11.1 Å². The van der Waals surface area contributed by atoms with Crippen LogP contribution in [0.1, 0.15) is 66.5 Å². The third kappa shape index (κ3) is 3.32. The lowest BCUT2D eigenvalue weighted by Crippen LogP contribution is -2.39. The molecule has 2 N–H and O–H groups in total. The van der Waals surface area contributed by atoms with E-state index >= 15 is 0 Å². The molecule has 0 saturated carbocycles. The van der Waals surface area contributed by atoms with Crippen molar-refractivity contribution in [2.75, 3.05) is 6.54 Å². The number of nitrogens with zero attached hydrogens (tertiary/aromatic N) is 1. The fourth-order valence-corrected chi connectivity index (χ4v) is 2.10. The highest BCUT2D eigenvalue weighted by Crippen LogP contribution is 2.26. The van der Waals surface area contributed by atoms with E-state index in [9.17, 15) is 4.79 Å². The Balaban J connectivity index is 3.73. The van der Waals surface area contributed by atoms with Gasteiger partial charge >= 0.3 is 0 Å². The fraction of sp³-hybridized carbons (Fsp3) is 0.706. The van der Waals surface area contributed by atoms with E-state index in [2.05, 4.69) is 60.0 Å². The lowest BCUT2D eigenvalue weighted by Gasteiger charge is -2.32. The molecular formula is C17H30N2O. The Hall–Kier alpha value is -1.09. The summed E-state index contributed by atoms with van der Waals surface area (Å²) in [7, 11) is 0. The summed E-state index contributed by atoms with van der Waals surface area (Å²) in [6, 6.07) is 0. The summed E-state index contributed by atoms with van der Waals surface area (Å²) in [6.07, 6.45) is 3.95. The maximum absolute atomic E-state index is 12.8. The standard InChI is InChI=1S/C17H30N2O/c1-15(2,3)12-9-19(17(7,8)11-18)10-13(14(12)20)16(4,5)6/h9-10H,11,18H2,1-8H3. The van der Waals surface area contributed by atoms with Gasteiger partial charge in [-0.1, -0.05) is 41.5 Å². The molecule has 0 amide bonds. The van der Waals surface area contributed by atoms with Gasteiger partial charge in [0, 0.05) is 30.1 Å². The van der Waals surface area contributed by atoms with Gasteiger partial charge in [0.1, 0.15) is 0 Å². The van der Waals surface area contributed by atoms with Gasteiger partial charge in [-0.3, -0.25) is 4.79 Å². The van der Waals surface area contributed by atoms with Gasteiger partial charge < -0.3 is 10.3 Å². The average Bonchev–Trinajstić information content (AvgIpc) is 2.25. The van der Waals surface area contributed by atoms with E-state index in [1.807, 2.05) is 12.4 Å². The number of aromatic nitrogens is 1. The third-order valence-electron chi connectivity index (χ3n) is 3.84. The summed E-state index contributed by atoms with van der Waals surface area (Å²) in [5, 5.41) is 0. The van der Waals surface area contributed by atoms with Crippen molar-refractivity contribution in [3.05, 3.63) is 33.7 Å². The summed E-state index contributed by atoms with van der Waals surface area (Å²) in [5.41, 5.74) is 7.21. The average molecular weight is 278 g/mol. The quantitative estimate of drug-likeness (QED) is 0.903. The topological polar surface area (TPSA) is 48.0 Å². The maximum Gasteiger partial charge on any atom is 0.188 e. The number of hydrogen-bond acceptors (Lipinski definition) is 2. The van der Waals surface area contributed by atoms with Gasteiger partial charge in [-0.05, 0) is 24.7 Å². The monoisotopic (exact) mass is 278 g/mol. The van der Waals surface area contributed by atoms with Crippen LogP contribution in [-0.2, 0) is 16.4 Å². The summed E-state index contributed by atoms with van der Waals surface area (Å²) in [6.45, 7) is 17.2. The van der Waals surface area contributed by atoms with Gasteiger partial charge in [0.2, 0.25) is 0 Å². The predicted molar refractivity (Wildman–Crippen MR) is 86.5 cm³/mol. The van der Waals surface area contributed by atoms with Crippen molar-refractivity contribution in [3.8, 4) is 0 Å². The zero-order valence-corrected chi connectivity index (χ0v) is 14.3. The van der Waals surface area contributed by atoms with E-state index in [4.69, 9.17) is 5.73 Å². The van der Waals surface area contributed by atoms with Crippen LogP contribution in [0.2, 0.25) is 0 Å². The lowest BCUT2D eigenvalue weighted by molar-refractivity contribution is 0.356. The second-order valence-corrected chi connectivity index (χ2v) is 8.34. The first-order chi connectivity index (χ1) is 8.80. The van der Waals surface area contributed by atoms with E-state index in [0.29, 0.717) is 6.54 Å². The lowest BCUT2D eigenvalue weighted by atomic mass is 9.81. The zero-order valence-electron chi connectivity index (χ0n) is 14.3. The molecule has 0 bridgehead atoms.